The van der Waals surface area contributed by atoms with Crippen LogP contribution in [0.5, 0.6) is 0 Å². The number of benzene rings is 2. The maximum atomic E-state index is 13.2. The van der Waals surface area contributed by atoms with Crippen molar-refractivity contribution < 1.29 is 17.6 Å². The minimum atomic E-state index is -3.78. The van der Waals surface area contributed by atoms with Crippen LogP contribution >= 0.6 is 11.3 Å². The molecule has 1 aromatic heterocycles. The largest absolute Gasteiger partial charge is 0.321 e. The number of halogens is 1. The zero-order chi connectivity index (χ0) is 18.7. The second kappa shape index (κ2) is 7.27. The zero-order valence-electron chi connectivity index (χ0n) is 13.7. The van der Waals surface area contributed by atoms with Crippen molar-refractivity contribution in [2.45, 2.75) is 4.90 Å². The van der Waals surface area contributed by atoms with E-state index in [-0.39, 0.29) is 9.77 Å². The Labute approximate surface area is 154 Å². The zero-order valence-corrected chi connectivity index (χ0v) is 15.4. The van der Waals surface area contributed by atoms with Gasteiger partial charge in [0.2, 0.25) is 0 Å². The summed E-state index contributed by atoms with van der Waals surface area (Å²) >= 11 is 1.01. The van der Waals surface area contributed by atoms with Crippen LogP contribution in [-0.4, -0.2) is 21.4 Å². The third-order valence-electron chi connectivity index (χ3n) is 3.66. The fraction of sp³-hybridized carbons (Fsp3) is 0.0556. The summed E-state index contributed by atoms with van der Waals surface area (Å²) in [5, 5.41) is 3.96. The smallest absolute Gasteiger partial charge is 0.265 e. The number of hydrogen-bond acceptors (Lipinski definition) is 4. The molecule has 0 saturated carbocycles. The highest BCUT2D eigenvalue weighted by Gasteiger charge is 2.24. The number of nitrogens with one attached hydrogen (secondary N) is 1. The monoisotopic (exact) mass is 390 g/mol. The van der Waals surface area contributed by atoms with E-state index >= 15 is 0 Å². The molecule has 2 aromatic carbocycles. The molecule has 134 valence electrons. The van der Waals surface area contributed by atoms with Crippen LogP contribution in [0.4, 0.5) is 15.8 Å². The molecule has 5 nitrogen and oxygen atoms in total. The first-order valence-corrected chi connectivity index (χ1v) is 9.89. The summed E-state index contributed by atoms with van der Waals surface area (Å²) in [5.74, 6) is -0.967. The lowest BCUT2D eigenvalue weighted by atomic mass is 10.3. The number of nitrogens with zero attached hydrogens (tertiary/aromatic N) is 1. The Hall–Kier alpha value is -2.71. The molecule has 0 saturated heterocycles. The number of amides is 1. The molecule has 1 amide bonds. The normalized spacial score (nSPS) is 11.2. The molecule has 0 fully saturated rings. The van der Waals surface area contributed by atoms with Gasteiger partial charge in [0.25, 0.3) is 15.9 Å². The SMILES string of the molecule is CN(c1ccccc1)S(=O)(=O)c1csc(C(=O)Nc2cccc(F)c2)c1. The molecular formula is C18H15FN2O3S2. The molecule has 0 unspecified atom stereocenters. The molecule has 0 aliphatic carbocycles. The summed E-state index contributed by atoms with van der Waals surface area (Å²) < 4.78 is 39.8. The number of rotatable bonds is 5. The molecule has 0 aliphatic heterocycles. The number of para-hydroxylation sites is 1. The highest BCUT2D eigenvalue weighted by atomic mass is 32.2. The van der Waals surface area contributed by atoms with Gasteiger partial charge in [0.15, 0.2) is 0 Å². The van der Waals surface area contributed by atoms with Crippen LogP contribution in [0.15, 0.2) is 70.9 Å². The average molecular weight is 390 g/mol. The van der Waals surface area contributed by atoms with E-state index in [1.807, 2.05) is 0 Å². The fourth-order valence-corrected chi connectivity index (χ4v) is 4.62. The van der Waals surface area contributed by atoms with Gasteiger partial charge < -0.3 is 5.32 Å². The number of thiophene rings is 1. The van der Waals surface area contributed by atoms with Gasteiger partial charge >= 0.3 is 0 Å². The van der Waals surface area contributed by atoms with Crippen molar-refractivity contribution in [1.82, 2.24) is 0 Å². The molecule has 3 aromatic rings. The number of carbonyl (C=O) groups excluding carboxylic acids is 1. The van der Waals surface area contributed by atoms with E-state index < -0.39 is 21.7 Å². The van der Waals surface area contributed by atoms with E-state index in [2.05, 4.69) is 5.32 Å². The van der Waals surface area contributed by atoms with Crippen LogP contribution in [0.3, 0.4) is 0 Å². The summed E-state index contributed by atoms with van der Waals surface area (Å²) in [5.41, 5.74) is 0.818. The van der Waals surface area contributed by atoms with Crippen LogP contribution in [0.1, 0.15) is 9.67 Å². The van der Waals surface area contributed by atoms with Gasteiger partial charge in [-0.1, -0.05) is 24.3 Å². The summed E-state index contributed by atoms with van der Waals surface area (Å²) in [7, 11) is -2.33. The lowest BCUT2D eigenvalue weighted by molar-refractivity contribution is 0.103. The molecule has 0 bridgehead atoms. The average Bonchev–Trinajstić information content (AvgIpc) is 3.13. The maximum absolute atomic E-state index is 13.2. The van der Waals surface area contributed by atoms with Gasteiger partial charge in [0.05, 0.1) is 15.5 Å². The first-order chi connectivity index (χ1) is 12.4. The van der Waals surface area contributed by atoms with Crippen molar-refractivity contribution >= 4 is 38.6 Å². The van der Waals surface area contributed by atoms with Gasteiger partial charge in [0.1, 0.15) is 5.82 Å². The van der Waals surface area contributed by atoms with Crippen molar-refractivity contribution in [1.29, 1.82) is 0 Å². The molecule has 8 heteroatoms. The third kappa shape index (κ3) is 3.76. The second-order valence-electron chi connectivity index (χ2n) is 5.42. The number of carbonyl (C=O) groups is 1. The standard InChI is InChI=1S/C18H15FN2O3S2/c1-21(15-8-3-2-4-9-15)26(23,24)16-11-17(25-12-16)18(22)20-14-7-5-6-13(19)10-14/h2-12H,1H3,(H,20,22). The van der Waals surface area contributed by atoms with Crippen molar-refractivity contribution in [2.24, 2.45) is 0 Å². The van der Waals surface area contributed by atoms with E-state index in [1.54, 1.807) is 36.4 Å². The van der Waals surface area contributed by atoms with Gasteiger partial charge in [-0.05, 0) is 36.4 Å². The minimum absolute atomic E-state index is 0.0262. The quantitative estimate of drug-likeness (QED) is 0.717. The Balaban J connectivity index is 1.81. The van der Waals surface area contributed by atoms with E-state index in [4.69, 9.17) is 0 Å². The molecule has 1 N–H and O–H groups in total. The summed E-state index contributed by atoms with van der Waals surface area (Å²) in [4.78, 5) is 12.5. The Morgan fingerprint density at radius 3 is 2.50 bits per heavy atom. The lowest BCUT2D eigenvalue weighted by Crippen LogP contribution is -2.26. The molecular weight excluding hydrogens is 375 g/mol. The predicted octanol–water partition coefficient (Wildman–Crippen LogP) is 3.96. The van der Waals surface area contributed by atoms with Crippen molar-refractivity contribution in [3.8, 4) is 0 Å². The van der Waals surface area contributed by atoms with E-state index in [0.29, 0.717) is 11.4 Å². The van der Waals surface area contributed by atoms with E-state index in [9.17, 15) is 17.6 Å². The highest BCUT2D eigenvalue weighted by Crippen LogP contribution is 2.26. The molecule has 1 heterocycles. The molecule has 0 aliphatic rings. The highest BCUT2D eigenvalue weighted by molar-refractivity contribution is 7.93. The lowest BCUT2D eigenvalue weighted by Gasteiger charge is -2.18. The Bertz CT molecular complexity index is 1030. The number of anilines is 2. The third-order valence-corrected chi connectivity index (χ3v) is 6.50. The molecule has 0 radical (unpaired) electrons. The minimum Gasteiger partial charge on any atom is -0.321 e. The second-order valence-corrected chi connectivity index (χ2v) is 8.30. The fourth-order valence-electron chi connectivity index (χ4n) is 2.27. The van der Waals surface area contributed by atoms with Crippen LogP contribution < -0.4 is 9.62 Å². The Morgan fingerprint density at radius 2 is 1.81 bits per heavy atom. The van der Waals surface area contributed by atoms with Crippen molar-refractivity contribution in [3.05, 3.63) is 76.7 Å². The molecule has 0 spiro atoms. The van der Waals surface area contributed by atoms with Crippen LogP contribution in [0.25, 0.3) is 0 Å². The van der Waals surface area contributed by atoms with E-state index in [0.717, 1.165) is 15.6 Å². The Morgan fingerprint density at radius 1 is 1.08 bits per heavy atom. The van der Waals surface area contributed by atoms with E-state index in [1.165, 1.54) is 36.7 Å². The summed E-state index contributed by atoms with van der Waals surface area (Å²) in [6, 6.07) is 15.4. The first-order valence-electron chi connectivity index (χ1n) is 7.57. The van der Waals surface area contributed by atoms with Gasteiger partial charge in [-0.15, -0.1) is 11.3 Å². The van der Waals surface area contributed by atoms with Gasteiger partial charge in [-0.25, -0.2) is 12.8 Å². The first kappa shape index (κ1) is 18.1. The molecule has 0 atom stereocenters. The van der Waals surface area contributed by atoms with Crippen LogP contribution in [0.2, 0.25) is 0 Å². The molecule has 3 rings (SSSR count). The van der Waals surface area contributed by atoms with Gasteiger partial charge in [0, 0.05) is 18.1 Å². The summed E-state index contributed by atoms with van der Waals surface area (Å²) in [6.07, 6.45) is 0. The summed E-state index contributed by atoms with van der Waals surface area (Å²) in [6.45, 7) is 0. The maximum Gasteiger partial charge on any atom is 0.265 e. The predicted molar refractivity (Wildman–Crippen MR) is 101 cm³/mol. The number of sulfonamides is 1. The van der Waals surface area contributed by atoms with Crippen molar-refractivity contribution in [2.75, 3.05) is 16.7 Å². The number of hydrogen-bond donors (Lipinski definition) is 1. The van der Waals surface area contributed by atoms with Crippen LogP contribution in [0, 0.1) is 5.82 Å². The van der Waals surface area contributed by atoms with Gasteiger partial charge in [-0.2, -0.15) is 0 Å². The Kier molecular flexibility index (Phi) is 5.06. The topological polar surface area (TPSA) is 66.5 Å². The molecule has 26 heavy (non-hydrogen) atoms. The van der Waals surface area contributed by atoms with Crippen molar-refractivity contribution in [3.63, 3.8) is 0 Å². The van der Waals surface area contributed by atoms with Crippen LogP contribution in [-0.2, 0) is 10.0 Å². The van der Waals surface area contributed by atoms with Gasteiger partial charge in [-0.3, -0.25) is 9.10 Å².